The van der Waals surface area contributed by atoms with Gasteiger partial charge < -0.3 is 15.1 Å². The molecule has 1 saturated heterocycles. The third-order valence-electron chi connectivity index (χ3n) is 5.71. The number of rotatable bonds is 10. The van der Waals surface area contributed by atoms with Crippen LogP contribution < -0.4 is 0 Å². The van der Waals surface area contributed by atoms with Crippen LogP contribution in [0.4, 0.5) is 0 Å². The first-order valence-electron chi connectivity index (χ1n) is 10.2. The zero-order valence-corrected chi connectivity index (χ0v) is 17.2. The van der Waals surface area contributed by atoms with Crippen LogP contribution in [-0.2, 0) is 11.2 Å². The average Bonchev–Trinajstić information content (AvgIpc) is 3.02. The van der Waals surface area contributed by atoms with Gasteiger partial charge in [-0.3, -0.25) is 4.79 Å². The normalized spacial score (nSPS) is 18.8. The molecule has 0 bridgehead atoms. The Kier molecular flexibility index (Phi) is 7.81. The molecule has 1 aliphatic heterocycles. The summed E-state index contributed by atoms with van der Waals surface area (Å²) in [5, 5.41) is 19.5. The minimum atomic E-state index is -0.938. The van der Waals surface area contributed by atoms with Crippen molar-refractivity contribution < 1.29 is 19.8 Å². The molecule has 1 aliphatic rings. The minimum Gasteiger partial charge on any atom is -0.478 e. The summed E-state index contributed by atoms with van der Waals surface area (Å²) in [6.45, 7) is 6.90. The second-order valence-electron chi connectivity index (χ2n) is 8.37. The predicted octanol–water partition coefficient (Wildman–Crippen LogP) is 4.05. The van der Waals surface area contributed by atoms with Crippen LogP contribution in [0.1, 0.15) is 68.8 Å². The van der Waals surface area contributed by atoms with Gasteiger partial charge in [-0.05, 0) is 42.4 Å². The fraction of sp³-hybridized carbons (Fsp3) is 0.565. The number of carbonyl (C=O) groups excluding carboxylic acids is 1. The number of hydrogen-bond acceptors (Lipinski definition) is 3. The standard InChI is InChI=1S/C23H33NO4/c1-4-5-15-23(2,3)20(25)12-10-19-11-13-21(26)24(19)16-14-17-6-8-18(9-7-17)22(27)28/h6-10,12,19-20,25H,4-5,11,13-16H2,1-3H3,(H,27,28)/t19-,20-/m0/s1. The number of aromatic carboxylic acids is 1. The van der Waals surface area contributed by atoms with E-state index in [1.54, 1.807) is 24.3 Å². The van der Waals surface area contributed by atoms with Gasteiger partial charge in [0, 0.05) is 13.0 Å². The van der Waals surface area contributed by atoms with Gasteiger partial charge in [0.2, 0.25) is 5.91 Å². The Balaban J connectivity index is 1.95. The first kappa shape index (κ1) is 22.2. The lowest BCUT2D eigenvalue weighted by Gasteiger charge is -2.29. The lowest BCUT2D eigenvalue weighted by Crippen LogP contribution is -2.34. The Morgan fingerprint density at radius 3 is 2.61 bits per heavy atom. The van der Waals surface area contributed by atoms with Gasteiger partial charge in [0.15, 0.2) is 0 Å². The maximum absolute atomic E-state index is 12.3. The van der Waals surface area contributed by atoms with Crippen LogP contribution in [0.25, 0.3) is 0 Å². The minimum absolute atomic E-state index is 0.0161. The summed E-state index contributed by atoms with van der Waals surface area (Å²) >= 11 is 0. The van der Waals surface area contributed by atoms with Crippen LogP contribution in [0.3, 0.4) is 0 Å². The summed E-state index contributed by atoms with van der Waals surface area (Å²) in [7, 11) is 0. The van der Waals surface area contributed by atoms with Crippen molar-refractivity contribution in [2.75, 3.05) is 6.54 Å². The molecule has 1 aromatic carbocycles. The van der Waals surface area contributed by atoms with E-state index in [1.807, 2.05) is 17.1 Å². The fourth-order valence-electron chi connectivity index (χ4n) is 3.58. The number of carboxylic acids is 1. The number of unbranched alkanes of at least 4 members (excludes halogenated alkanes) is 1. The van der Waals surface area contributed by atoms with Gasteiger partial charge in [-0.2, -0.15) is 0 Å². The number of benzene rings is 1. The number of amides is 1. The fourth-order valence-corrected chi connectivity index (χ4v) is 3.58. The molecule has 2 N–H and O–H groups in total. The number of nitrogens with zero attached hydrogens (tertiary/aromatic N) is 1. The maximum atomic E-state index is 12.3. The molecule has 0 unspecified atom stereocenters. The zero-order valence-electron chi connectivity index (χ0n) is 17.2. The third kappa shape index (κ3) is 5.93. The second-order valence-corrected chi connectivity index (χ2v) is 8.37. The van der Waals surface area contributed by atoms with Crippen molar-refractivity contribution in [1.29, 1.82) is 0 Å². The first-order valence-corrected chi connectivity index (χ1v) is 10.2. The molecule has 28 heavy (non-hydrogen) atoms. The lowest BCUT2D eigenvalue weighted by molar-refractivity contribution is -0.128. The molecule has 1 heterocycles. The molecule has 0 aliphatic carbocycles. The van der Waals surface area contributed by atoms with Crippen molar-refractivity contribution in [3.63, 3.8) is 0 Å². The summed E-state index contributed by atoms with van der Waals surface area (Å²) in [5.74, 6) is -0.802. The van der Waals surface area contributed by atoms with E-state index in [0.29, 0.717) is 19.4 Å². The number of hydrogen-bond donors (Lipinski definition) is 2. The SMILES string of the molecule is CCCCC(C)(C)[C@@H](O)C=C[C@H]1CCC(=O)N1CCc1ccc(C(=O)O)cc1. The van der Waals surface area contributed by atoms with Crippen LogP contribution in [0.2, 0.25) is 0 Å². The van der Waals surface area contributed by atoms with Gasteiger partial charge in [0.05, 0.1) is 17.7 Å². The topological polar surface area (TPSA) is 77.8 Å². The molecule has 5 heteroatoms. The van der Waals surface area contributed by atoms with E-state index in [1.165, 1.54) is 0 Å². The molecule has 2 rings (SSSR count). The van der Waals surface area contributed by atoms with Gasteiger partial charge >= 0.3 is 5.97 Å². The summed E-state index contributed by atoms with van der Waals surface area (Å²) in [6.07, 6.45) is 8.46. The number of aliphatic hydroxyl groups excluding tert-OH is 1. The molecule has 0 spiro atoms. The Morgan fingerprint density at radius 2 is 2.00 bits per heavy atom. The Labute approximate surface area is 168 Å². The molecule has 0 radical (unpaired) electrons. The summed E-state index contributed by atoms with van der Waals surface area (Å²) < 4.78 is 0. The monoisotopic (exact) mass is 387 g/mol. The van der Waals surface area contributed by atoms with E-state index in [0.717, 1.165) is 31.2 Å². The van der Waals surface area contributed by atoms with Crippen molar-refractivity contribution in [3.05, 3.63) is 47.5 Å². The van der Waals surface area contributed by atoms with Crippen molar-refractivity contribution >= 4 is 11.9 Å². The van der Waals surface area contributed by atoms with Gasteiger partial charge in [0.25, 0.3) is 0 Å². The van der Waals surface area contributed by atoms with E-state index in [9.17, 15) is 14.7 Å². The summed E-state index contributed by atoms with van der Waals surface area (Å²) in [6, 6.07) is 6.80. The molecular formula is C23H33NO4. The van der Waals surface area contributed by atoms with E-state index in [2.05, 4.69) is 20.8 Å². The van der Waals surface area contributed by atoms with E-state index in [-0.39, 0.29) is 22.9 Å². The third-order valence-corrected chi connectivity index (χ3v) is 5.71. The zero-order chi connectivity index (χ0) is 20.7. The first-order chi connectivity index (χ1) is 13.2. The van der Waals surface area contributed by atoms with Crippen LogP contribution in [-0.4, -0.2) is 45.7 Å². The molecular weight excluding hydrogens is 354 g/mol. The van der Waals surface area contributed by atoms with Crippen molar-refractivity contribution in [1.82, 2.24) is 4.90 Å². The van der Waals surface area contributed by atoms with Crippen LogP contribution >= 0.6 is 0 Å². The molecule has 0 aromatic heterocycles. The van der Waals surface area contributed by atoms with Gasteiger partial charge in [-0.25, -0.2) is 4.79 Å². The molecule has 1 aromatic rings. The number of aliphatic hydroxyl groups is 1. The summed E-state index contributed by atoms with van der Waals surface area (Å²) in [4.78, 5) is 25.1. The lowest BCUT2D eigenvalue weighted by atomic mass is 9.81. The molecule has 0 saturated carbocycles. The predicted molar refractivity (Wildman–Crippen MR) is 110 cm³/mol. The Hall–Kier alpha value is -2.14. The van der Waals surface area contributed by atoms with Crippen LogP contribution in [0, 0.1) is 5.41 Å². The molecule has 5 nitrogen and oxygen atoms in total. The smallest absolute Gasteiger partial charge is 0.335 e. The average molecular weight is 388 g/mol. The van der Waals surface area contributed by atoms with E-state index < -0.39 is 12.1 Å². The summed E-state index contributed by atoms with van der Waals surface area (Å²) in [5.41, 5.74) is 1.10. The van der Waals surface area contributed by atoms with Gasteiger partial charge in [0.1, 0.15) is 0 Å². The van der Waals surface area contributed by atoms with Crippen LogP contribution in [0.5, 0.6) is 0 Å². The number of likely N-dealkylation sites (tertiary alicyclic amines) is 1. The quantitative estimate of drug-likeness (QED) is 0.594. The van der Waals surface area contributed by atoms with E-state index >= 15 is 0 Å². The van der Waals surface area contributed by atoms with Crippen LogP contribution in [0.15, 0.2) is 36.4 Å². The molecule has 2 atom stereocenters. The Bertz CT molecular complexity index is 693. The second kappa shape index (κ2) is 9.87. The highest BCUT2D eigenvalue weighted by atomic mass is 16.4. The van der Waals surface area contributed by atoms with Crippen molar-refractivity contribution in [2.24, 2.45) is 5.41 Å². The molecule has 1 amide bonds. The van der Waals surface area contributed by atoms with Gasteiger partial charge in [-0.1, -0.05) is 57.9 Å². The number of carboxylic acid groups (broad SMARTS) is 1. The maximum Gasteiger partial charge on any atom is 0.335 e. The largest absolute Gasteiger partial charge is 0.478 e. The van der Waals surface area contributed by atoms with Crippen molar-refractivity contribution in [2.45, 2.75) is 71.4 Å². The van der Waals surface area contributed by atoms with Gasteiger partial charge in [-0.15, -0.1) is 0 Å². The number of carbonyl (C=O) groups is 2. The van der Waals surface area contributed by atoms with E-state index in [4.69, 9.17) is 5.11 Å². The highest BCUT2D eigenvalue weighted by Gasteiger charge is 2.30. The highest BCUT2D eigenvalue weighted by molar-refractivity contribution is 5.87. The molecule has 154 valence electrons. The highest BCUT2D eigenvalue weighted by Crippen LogP contribution is 2.29. The Morgan fingerprint density at radius 1 is 1.32 bits per heavy atom. The van der Waals surface area contributed by atoms with Crippen molar-refractivity contribution in [3.8, 4) is 0 Å². The molecule has 1 fully saturated rings.